The topological polar surface area (TPSA) is 128 Å². The summed E-state index contributed by atoms with van der Waals surface area (Å²) in [5.41, 5.74) is 8.35. The van der Waals surface area contributed by atoms with Gasteiger partial charge in [0.2, 0.25) is 0 Å². The van der Waals surface area contributed by atoms with Crippen LogP contribution in [-0.4, -0.2) is 59.2 Å². The molecule has 1 heterocycles. The maximum atomic E-state index is 9.70. The van der Waals surface area contributed by atoms with E-state index in [4.69, 9.17) is 26.5 Å². The molecule has 1 rings (SSSR count). The van der Waals surface area contributed by atoms with E-state index in [0.29, 0.717) is 0 Å². The Morgan fingerprint density at radius 1 is 1.47 bits per heavy atom. The number of rotatable bonds is 4. The monoisotopic (exact) mass is 243 g/mol. The molecule has 8 nitrogen and oxygen atoms in total. The van der Waals surface area contributed by atoms with Crippen molar-refractivity contribution in [3.8, 4) is 12.3 Å². The standard InChI is InChI=1S/C9H13N3O5/c1-2-3-16-9-6(11-12-10)8(15)7(14)5(4-13)17-9/h1,5-9,13-15H,3-4H2/t5-,6-,7-,8-,9-/m1/s1. The number of terminal acetylenes is 1. The van der Waals surface area contributed by atoms with E-state index >= 15 is 0 Å². The summed E-state index contributed by atoms with van der Waals surface area (Å²) in [6.45, 7) is -0.611. The highest BCUT2D eigenvalue weighted by Gasteiger charge is 2.44. The van der Waals surface area contributed by atoms with Crippen LogP contribution in [0.4, 0.5) is 0 Å². The van der Waals surface area contributed by atoms with Crippen LogP contribution in [0.15, 0.2) is 5.11 Å². The minimum atomic E-state index is -1.39. The van der Waals surface area contributed by atoms with E-state index in [1.807, 2.05) is 0 Å². The van der Waals surface area contributed by atoms with Gasteiger partial charge in [0.1, 0.15) is 24.9 Å². The second-order valence-electron chi connectivity index (χ2n) is 3.42. The largest absolute Gasteiger partial charge is 0.394 e. The van der Waals surface area contributed by atoms with Crippen molar-refractivity contribution >= 4 is 0 Å². The zero-order valence-corrected chi connectivity index (χ0v) is 8.88. The number of aliphatic hydroxyl groups is 3. The smallest absolute Gasteiger partial charge is 0.170 e. The fourth-order valence-electron chi connectivity index (χ4n) is 1.52. The van der Waals surface area contributed by atoms with Gasteiger partial charge in [-0.3, -0.25) is 0 Å². The highest BCUT2D eigenvalue weighted by Crippen LogP contribution is 2.24. The predicted octanol–water partition coefficient (Wildman–Crippen LogP) is -1.25. The van der Waals surface area contributed by atoms with E-state index in [-0.39, 0.29) is 6.61 Å². The molecule has 3 N–H and O–H groups in total. The van der Waals surface area contributed by atoms with Crippen LogP contribution in [0.5, 0.6) is 0 Å². The van der Waals surface area contributed by atoms with Crippen molar-refractivity contribution in [3.05, 3.63) is 10.4 Å². The van der Waals surface area contributed by atoms with Gasteiger partial charge in [-0.1, -0.05) is 11.0 Å². The molecule has 1 aliphatic rings. The molecule has 0 aliphatic carbocycles. The van der Waals surface area contributed by atoms with E-state index in [9.17, 15) is 10.2 Å². The summed E-state index contributed by atoms with van der Waals surface area (Å²) in [6, 6.07) is -1.12. The van der Waals surface area contributed by atoms with E-state index < -0.39 is 37.3 Å². The Labute approximate surface area is 97.4 Å². The molecular formula is C9H13N3O5. The number of ether oxygens (including phenoxy) is 2. The van der Waals surface area contributed by atoms with Gasteiger partial charge in [-0.2, -0.15) is 0 Å². The second kappa shape index (κ2) is 6.42. The third-order valence-electron chi connectivity index (χ3n) is 2.36. The first-order valence-electron chi connectivity index (χ1n) is 4.87. The van der Waals surface area contributed by atoms with Gasteiger partial charge in [0.15, 0.2) is 6.29 Å². The highest BCUT2D eigenvalue weighted by molar-refractivity contribution is 4.94. The zero-order chi connectivity index (χ0) is 12.8. The number of hydrogen-bond acceptors (Lipinski definition) is 6. The van der Waals surface area contributed by atoms with Gasteiger partial charge in [-0.15, -0.1) is 6.42 Å². The Hall–Kier alpha value is -1.33. The molecule has 17 heavy (non-hydrogen) atoms. The van der Waals surface area contributed by atoms with Crippen molar-refractivity contribution in [3.63, 3.8) is 0 Å². The summed E-state index contributed by atoms with van der Waals surface area (Å²) >= 11 is 0. The molecule has 1 aliphatic heterocycles. The van der Waals surface area contributed by atoms with Crippen molar-refractivity contribution in [1.82, 2.24) is 0 Å². The van der Waals surface area contributed by atoms with Crippen LogP contribution in [0.3, 0.4) is 0 Å². The number of hydrogen-bond donors (Lipinski definition) is 3. The number of azide groups is 1. The van der Waals surface area contributed by atoms with Gasteiger partial charge in [0, 0.05) is 4.91 Å². The summed E-state index contributed by atoms with van der Waals surface area (Å²) in [7, 11) is 0. The SMILES string of the molecule is C#CCO[C@@H]1O[C@H](CO)[C@@H](O)[C@H](O)[C@H]1N=[N+]=[N-]. The Bertz CT molecular complexity index is 338. The summed E-state index contributed by atoms with van der Waals surface area (Å²) in [4.78, 5) is 2.53. The molecule has 1 saturated heterocycles. The minimum absolute atomic E-state index is 0.108. The van der Waals surface area contributed by atoms with Gasteiger partial charge >= 0.3 is 0 Å². The highest BCUT2D eigenvalue weighted by atomic mass is 16.7. The molecule has 0 bridgehead atoms. The number of aliphatic hydroxyl groups excluding tert-OH is 3. The summed E-state index contributed by atoms with van der Waals surface area (Å²) in [5.74, 6) is 2.19. The molecule has 0 saturated carbocycles. The Balaban J connectivity index is 2.83. The molecule has 1 fully saturated rings. The van der Waals surface area contributed by atoms with Crippen LogP contribution in [-0.2, 0) is 9.47 Å². The molecule has 0 aromatic carbocycles. The first kappa shape index (κ1) is 13.7. The molecule has 0 amide bonds. The summed E-state index contributed by atoms with van der Waals surface area (Å²) in [5, 5.41) is 31.5. The van der Waals surface area contributed by atoms with Crippen molar-refractivity contribution in [1.29, 1.82) is 0 Å². The fourth-order valence-corrected chi connectivity index (χ4v) is 1.52. The lowest BCUT2D eigenvalue weighted by Gasteiger charge is -2.39. The molecule has 5 atom stereocenters. The second-order valence-corrected chi connectivity index (χ2v) is 3.42. The van der Waals surface area contributed by atoms with Crippen LogP contribution in [0.1, 0.15) is 0 Å². The Kier molecular flexibility index (Phi) is 5.18. The summed E-state index contributed by atoms with van der Waals surface area (Å²) in [6.07, 6.45) is 0.134. The van der Waals surface area contributed by atoms with Crippen LogP contribution < -0.4 is 0 Å². The van der Waals surface area contributed by atoms with Crippen LogP contribution in [0.2, 0.25) is 0 Å². The fraction of sp³-hybridized carbons (Fsp3) is 0.778. The molecule has 0 radical (unpaired) electrons. The number of nitrogens with zero attached hydrogens (tertiary/aromatic N) is 3. The molecule has 0 aromatic heterocycles. The van der Waals surface area contributed by atoms with Gasteiger partial charge in [-0.05, 0) is 5.53 Å². The first-order chi connectivity index (χ1) is 8.15. The first-order valence-corrected chi connectivity index (χ1v) is 4.87. The Morgan fingerprint density at radius 2 is 2.18 bits per heavy atom. The van der Waals surface area contributed by atoms with Crippen molar-refractivity contribution in [2.75, 3.05) is 13.2 Å². The average molecular weight is 243 g/mol. The van der Waals surface area contributed by atoms with Crippen molar-refractivity contribution in [2.24, 2.45) is 5.11 Å². The molecule has 0 aromatic rings. The lowest BCUT2D eigenvalue weighted by Crippen LogP contribution is -2.58. The summed E-state index contributed by atoms with van der Waals surface area (Å²) < 4.78 is 10.2. The third kappa shape index (κ3) is 3.08. The maximum absolute atomic E-state index is 9.70. The van der Waals surface area contributed by atoms with Crippen LogP contribution >= 0.6 is 0 Å². The van der Waals surface area contributed by atoms with E-state index in [0.717, 1.165) is 0 Å². The van der Waals surface area contributed by atoms with Crippen LogP contribution in [0, 0.1) is 12.3 Å². The normalized spacial score (nSPS) is 36.9. The van der Waals surface area contributed by atoms with Gasteiger partial charge in [0.05, 0.1) is 12.7 Å². The van der Waals surface area contributed by atoms with Gasteiger partial charge in [-0.25, -0.2) is 0 Å². The average Bonchev–Trinajstić information content (AvgIpc) is 2.34. The molecule has 94 valence electrons. The van der Waals surface area contributed by atoms with Crippen molar-refractivity contribution < 1.29 is 24.8 Å². The van der Waals surface area contributed by atoms with E-state index in [1.54, 1.807) is 0 Å². The molecule has 8 heteroatoms. The molecular weight excluding hydrogens is 230 g/mol. The van der Waals surface area contributed by atoms with Gasteiger partial charge < -0.3 is 24.8 Å². The quantitative estimate of drug-likeness (QED) is 0.246. The van der Waals surface area contributed by atoms with E-state index in [1.165, 1.54) is 0 Å². The predicted molar refractivity (Wildman–Crippen MR) is 55.5 cm³/mol. The Morgan fingerprint density at radius 3 is 2.71 bits per heavy atom. The molecule has 0 spiro atoms. The zero-order valence-electron chi connectivity index (χ0n) is 8.88. The van der Waals surface area contributed by atoms with Crippen molar-refractivity contribution in [2.45, 2.75) is 30.6 Å². The van der Waals surface area contributed by atoms with E-state index in [2.05, 4.69) is 15.9 Å². The minimum Gasteiger partial charge on any atom is -0.394 e. The third-order valence-corrected chi connectivity index (χ3v) is 2.36. The van der Waals surface area contributed by atoms with Crippen LogP contribution in [0.25, 0.3) is 10.4 Å². The molecule has 0 unspecified atom stereocenters. The maximum Gasteiger partial charge on any atom is 0.170 e. The lowest BCUT2D eigenvalue weighted by atomic mass is 9.98. The lowest BCUT2D eigenvalue weighted by molar-refractivity contribution is -0.261. The van der Waals surface area contributed by atoms with Gasteiger partial charge in [0.25, 0.3) is 0 Å².